The lowest BCUT2D eigenvalue weighted by molar-refractivity contribution is 0.594. The number of hydrogen-bond acceptors (Lipinski definition) is 2. The molecular formula is C17H21ClN2. The fraction of sp³-hybridized carbons (Fsp3) is 0.353. The number of aryl methyl sites for hydroxylation is 2. The maximum Gasteiger partial charge on any atom is 0.0595 e. The Hall–Kier alpha value is -1.38. The van der Waals surface area contributed by atoms with Gasteiger partial charge in [-0.05, 0) is 55.6 Å². The van der Waals surface area contributed by atoms with Gasteiger partial charge in [0.05, 0.1) is 6.04 Å². The van der Waals surface area contributed by atoms with E-state index in [9.17, 15) is 0 Å². The van der Waals surface area contributed by atoms with Crippen LogP contribution >= 0.6 is 11.6 Å². The summed E-state index contributed by atoms with van der Waals surface area (Å²) in [6.45, 7) is 7.20. The smallest absolute Gasteiger partial charge is 0.0595 e. The van der Waals surface area contributed by atoms with Gasteiger partial charge in [-0.3, -0.25) is 4.98 Å². The molecule has 2 aromatic rings. The van der Waals surface area contributed by atoms with E-state index in [1.807, 2.05) is 26.1 Å². The third kappa shape index (κ3) is 3.38. The molecule has 1 unspecified atom stereocenters. The maximum atomic E-state index is 6.28. The van der Waals surface area contributed by atoms with E-state index in [1.54, 1.807) is 0 Å². The Balaban J connectivity index is 2.41. The van der Waals surface area contributed by atoms with Crippen LogP contribution in [0.1, 0.15) is 41.8 Å². The van der Waals surface area contributed by atoms with E-state index in [2.05, 4.69) is 41.5 Å². The summed E-state index contributed by atoms with van der Waals surface area (Å²) in [5.74, 6) is 0. The first-order chi connectivity index (χ1) is 9.63. The fourth-order valence-electron chi connectivity index (χ4n) is 2.29. The Kier molecular flexibility index (Phi) is 5.16. The predicted octanol–water partition coefficient (Wildman–Crippen LogP) is 4.44. The Morgan fingerprint density at radius 1 is 1.25 bits per heavy atom. The van der Waals surface area contributed by atoms with Crippen LogP contribution in [-0.2, 0) is 0 Å². The highest BCUT2D eigenvalue weighted by Gasteiger charge is 2.16. The average Bonchev–Trinajstić information content (AvgIpc) is 2.44. The Labute approximate surface area is 126 Å². The largest absolute Gasteiger partial charge is 0.306 e. The van der Waals surface area contributed by atoms with Crippen LogP contribution in [0.2, 0.25) is 5.02 Å². The Morgan fingerprint density at radius 3 is 2.70 bits per heavy atom. The molecule has 106 valence electrons. The highest BCUT2D eigenvalue weighted by molar-refractivity contribution is 6.31. The van der Waals surface area contributed by atoms with Crippen molar-refractivity contribution in [3.8, 4) is 0 Å². The Morgan fingerprint density at radius 2 is 2.05 bits per heavy atom. The monoisotopic (exact) mass is 288 g/mol. The molecule has 0 bridgehead atoms. The molecule has 0 saturated carbocycles. The highest BCUT2D eigenvalue weighted by atomic mass is 35.5. The van der Waals surface area contributed by atoms with Crippen molar-refractivity contribution >= 4 is 11.6 Å². The van der Waals surface area contributed by atoms with Gasteiger partial charge in [0, 0.05) is 16.9 Å². The molecule has 20 heavy (non-hydrogen) atoms. The van der Waals surface area contributed by atoms with Crippen LogP contribution < -0.4 is 5.32 Å². The predicted molar refractivity (Wildman–Crippen MR) is 85.3 cm³/mol. The third-order valence-electron chi connectivity index (χ3n) is 3.49. The fourth-order valence-corrected chi connectivity index (χ4v) is 2.48. The zero-order valence-corrected chi connectivity index (χ0v) is 13.0. The van der Waals surface area contributed by atoms with Crippen molar-refractivity contribution in [3.05, 3.63) is 63.9 Å². The van der Waals surface area contributed by atoms with Gasteiger partial charge in [0.25, 0.3) is 0 Å². The molecule has 0 spiro atoms. The van der Waals surface area contributed by atoms with Crippen LogP contribution in [0.25, 0.3) is 0 Å². The minimum Gasteiger partial charge on any atom is -0.306 e. The molecule has 0 aliphatic rings. The molecule has 1 aromatic carbocycles. The SMILES string of the molecule is CCCNC(c1ccc(C)c(Cl)c1)c1cccnc1C. The third-order valence-corrected chi connectivity index (χ3v) is 3.89. The van der Waals surface area contributed by atoms with E-state index < -0.39 is 0 Å². The van der Waals surface area contributed by atoms with Crippen LogP contribution in [0, 0.1) is 13.8 Å². The molecule has 0 aliphatic heterocycles. The van der Waals surface area contributed by atoms with Crippen molar-refractivity contribution in [1.82, 2.24) is 10.3 Å². The topological polar surface area (TPSA) is 24.9 Å². The number of rotatable bonds is 5. The van der Waals surface area contributed by atoms with Gasteiger partial charge in [0.15, 0.2) is 0 Å². The summed E-state index contributed by atoms with van der Waals surface area (Å²) < 4.78 is 0. The second-order valence-electron chi connectivity index (χ2n) is 5.07. The second kappa shape index (κ2) is 6.87. The Bertz CT molecular complexity index is 581. The van der Waals surface area contributed by atoms with Crippen LogP contribution in [0.4, 0.5) is 0 Å². The molecule has 1 heterocycles. The lowest BCUT2D eigenvalue weighted by Gasteiger charge is -2.21. The zero-order chi connectivity index (χ0) is 14.5. The van der Waals surface area contributed by atoms with Crippen LogP contribution in [0.5, 0.6) is 0 Å². The average molecular weight is 289 g/mol. The van der Waals surface area contributed by atoms with Crippen molar-refractivity contribution < 1.29 is 0 Å². The van der Waals surface area contributed by atoms with Gasteiger partial charge in [-0.2, -0.15) is 0 Å². The van der Waals surface area contributed by atoms with E-state index in [4.69, 9.17) is 11.6 Å². The summed E-state index contributed by atoms with van der Waals surface area (Å²) in [6.07, 6.45) is 2.92. The van der Waals surface area contributed by atoms with Gasteiger partial charge in [0.2, 0.25) is 0 Å². The number of halogens is 1. The molecule has 1 aromatic heterocycles. The summed E-state index contributed by atoms with van der Waals surface area (Å²) in [6, 6.07) is 10.5. The minimum absolute atomic E-state index is 0.141. The summed E-state index contributed by atoms with van der Waals surface area (Å²) in [5, 5.41) is 4.40. The van der Waals surface area contributed by atoms with E-state index >= 15 is 0 Å². The molecular weight excluding hydrogens is 268 g/mol. The van der Waals surface area contributed by atoms with Crippen LogP contribution in [0.15, 0.2) is 36.5 Å². The van der Waals surface area contributed by atoms with E-state index in [0.717, 1.165) is 29.2 Å². The van der Waals surface area contributed by atoms with Gasteiger partial charge in [0.1, 0.15) is 0 Å². The summed E-state index contributed by atoms with van der Waals surface area (Å²) in [7, 11) is 0. The van der Waals surface area contributed by atoms with Crippen molar-refractivity contribution in [1.29, 1.82) is 0 Å². The second-order valence-corrected chi connectivity index (χ2v) is 5.48. The van der Waals surface area contributed by atoms with E-state index in [-0.39, 0.29) is 6.04 Å². The first-order valence-electron chi connectivity index (χ1n) is 7.04. The summed E-state index contributed by atoms with van der Waals surface area (Å²) in [4.78, 5) is 4.40. The molecule has 0 amide bonds. The maximum absolute atomic E-state index is 6.28. The number of nitrogens with one attached hydrogen (secondary N) is 1. The van der Waals surface area contributed by atoms with Gasteiger partial charge >= 0.3 is 0 Å². The normalized spacial score (nSPS) is 12.4. The van der Waals surface area contributed by atoms with Gasteiger partial charge in [-0.15, -0.1) is 0 Å². The molecule has 0 saturated heterocycles. The van der Waals surface area contributed by atoms with Gasteiger partial charge in [-0.1, -0.05) is 36.7 Å². The summed E-state index contributed by atoms with van der Waals surface area (Å²) in [5.41, 5.74) is 4.55. The standard InChI is InChI=1S/C17H21ClN2/c1-4-9-20-17(15-6-5-10-19-13(15)3)14-8-7-12(2)16(18)11-14/h5-8,10-11,17,20H,4,9H2,1-3H3. The molecule has 2 nitrogen and oxygen atoms in total. The van der Waals surface area contributed by atoms with Crippen molar-refractivity contribution in [2.75, 3.05) is 6.54 Å². The van der Waals surface area contributed by atoms with Crippen LogP contribution in [-0.4, -0.2) is 11.5 Å². The highest BCUT2D eigenvalue weighted by Crippen LogP contribution is 2.27. The molecule has 3 heteroatoms. The number of benzene rings is 1. The van der Waals surface area contributed by atoms with Crippen LogP contribution in [0.3, 0.4) is 0 Å². The zero-order valence-electron chi connectivity index (χ0n) is 12.3. The van der Waals surface area contributed by atoms with E-state index in [1.165, 1.54) is 11.1 Å². The molecule has 2 rings (SSSR count). The van der Waals surface area contributed by atoms with Crippen molar-refractivity contribution in [2.24, 2.45) is 0 Å². The molecule has 1 N–H and O–H groups in total. The van der Waals surface area contributed by atoms with Gasteiger partial charge < -0.3 is 5.32 Å². The molecule has 0 aliphatic carbocycles. The summed E-state index contributed by atoms with van der Waals surface area (Å²) >= 11 is 6.28. The van der Waals surface area contributed by atoms with Crippen molar-refractivity contribution in [2.45, 2.75) is 33.2 Å². The number of nitrogens with zero attached hydrogens (tertiary/aromatic N) is 1. The molecule has 1 atom stereocenters. The lowest BCUT2D eigenvalue weighted by atomic mass is 9.96. The minimum atomic E-state index is 0.141. The quantitative estimate of drug-likeness (QED) is 0.880. The number of aromatic nitrogens is 1. The van der Waals surface area contributed by atoms with E-state index in [0.29, 0.717) is 0 Å². The first-order valence-corrected chi connectivity index (χ1v) is 7.42. The number of hydrogen-bond donors (Lipinski definition) is 1. The number of pyridine rings is 1. The first kappa shape index (κ1) is 15.0. The van der Waals surface area contributed by atoms with Gasteiger partial charge in [-0.25, -0.2) is 0 Å². The lowest BCUT2D eigenvalue weighted by Crippen LogP contribution is -2.24. The van der Waals surface area contributed by atoms with Crippen molar-refractivity contribution in [3.63, 3.8) is 0 Å². The molecule has 0 fully saturated rings. The molecule has 0 radical (unpaired) electrons.